The van der Waals surface area contributed by atoms with Crippen molar-refractivity contribution in [3.8, 4) is 0 Å². The van der Waals surface area contributed by atoms with Crippen LogP contribution in [0.25, 0.3) is 0 Å². The lowest BCUT2D eigenvalue weighted by Crippen LogP contribution is -2.42. The molecule has 0 aromatic heterocycles. The van der Waals surface area contributed by atoms with Gasteiger partial charge in [0.15, 0.2) is 0 Å². The maximum atomic E-state index is 13.4. The van der Waals surface area contributed by atoms with Gasteiger partial charge in [-0.15, -0.1) is 0 Å². The minimum atomic E-state index is -0.495. The van der Waals surface area contributed by atoms with E-state index in [4.69, 9.17) is 5.73 Å². The highest BCUT2D eigenvalue weighted by Crippen LogP contribution is 2.25. The number of amides is 2. The summed E-state index contributed by atoms with van der Waals surface area (Å²) in [6.45, 7) is 0. The Bertz CT molecular complexity index is 521. The maximum Gasteiger partial charge on any atom is 0.251 e. The Morgan fingerprint density at radius 3 is 2.74 bits per heavy atom. The van der Waals surface area contributed by atoms with Crippen LogP contribution in [0.5, 0.6) is 0 Å². The Kier molecular flexibility index (Phi) is 4.19. The van der Waals surface area contributed by atoms with E-state index in [1.54, 1.807) is 0 Å². The van der Waals surface area contributed by atoms with Crippen LogP contribution in [0.2, 0.25) is 0 Å². The van der Waals surface area contributed by atoms with Gasteiger partial charge in [0.25, 0.3) is 5.91 Å². The quantitative estimate of drug-likeness (QED) is 0.890. The number of hydrogen-bond donors (Lipinski definition) is 2. The van der Waals surface area contributed by atoms with Gasteiger partial charge in [0.2, 0.25) is 5.91 Å². The fraction of sp³-hybridized carbons (Fsp3) is 0.385. The number of nitrogens with one attached hydrogen (secondary N) is 1. The molecule has 0 bridgehead atoms. The van der Waals surface area contributed by atoms with Crippen molar-refractivity contribution in [2.24, 2.45) is 11.7 Å². The van der Waals surface area contributed by atoms with Gasteiger partial charge in [-0.3, -0.25) is 9.59 Å². The van der Waals surface area contributed by atoms with Crippen molar-refractivity contribution in [2.75, 3.05) is 0 Å². The van der Waals surface area contributed by atoms with E-state index in [-0.39, 0.29) is 23.4 Å². The Balaban J connectivity index is 2.08. The SMILES string of the molecule is NC(=O)[C@@H]1CCC[C@@H]1NC(=O)c1ccc(Br)c(F)c1. The first kappa shape index (κ1) is 14.0. The molecule has 19 heavy (non-hydrogen) atoms. The molecule has 3 N–H and O–H groups in total. The van der Waals surface area contributed by atoms with E-state index in [1.165, 1.54) is 12.1 Å². The van der Waals surface area contributed by atoms with Crippen LogP contribution in [-0.4, -0.2) is 17.9 Å². The molecule has 0 radical (unpaired) electrons. The summed E-state index contributed by atoms with van der Waals surface area (Å²) >= 11 is 3.03. The minimum absolute atomic E-state index is 0.232. The van der Waals surface area contributed by atoms with Gasteiger partial charge in [-0.25, -0.2) is 4.39 Å². The van der Waals surface area contributed by atoms with E-state index >= 15 is 0 Å². The predicted molar refractivity (Wildman–Crippen MR) is 71.9 cm³/mol. The summed E-state index contributed by atoms with van der Waals surface area (Å²) in [5.74, 6) is -1.61. The van der Waals surface area contributed by atoms with Crippen molar-refractivity contribution in [1.29, 1.82) is 0 Å². The Labute approximate surface area is 118 Å². The number of carbonyl (C=O) groups is 2. The zero-order valence-corrected chi connectivity index (χ0v) is 11.7. The normalized spacial score (nSPS) is 22.2. The molecule has 2 rings (SSSR count). The highest BCUT2D eigenvalue weighted by molar-refractivity contribution is 9.10. The maximum absolute atomic E-state index is 13.4. The molecule has 1 aliphatic carbocycles. The summed E-state index contributed by atoms with van der Waals surface area (Å²) in [5, 5.41) is 2.75. The lowest BCUT2D eigenvalue weighted by atomic mass is 10.0. The molecule has 0 heterocycles. The molecular formula is C13H14BrFN2O2. The van der Waals surface area contributed by atoms with Crippen LogP contribution in [0.1, 0.15) is 29.6 Å². The van der Waals surface area contributed by atoms with Gasteiger partial charge in [-0.05, 0) is 47.0 Å². The number of rotatable bonds is 3. The van der Waals surface area contributed by atoms with Gasteiger partial charge in [0.05, 0.1) is 10.4 Å². The highest BCUT2D eigenvalue weighted by atomic mass is 79.9. The molecule has 1 aliphatic rings. The number of carbonyl (C=O) groups excluding carboxylic acids is 2. The Morgan fingerprint density at radius 2 is 2.11 bits per heavy atom. The Hall–Kier alpha value is -1.43. The number of nitrogens with two attached hydrogens (primary N) is 1. The molecule has 1 aromatic rings. The minimum Gasteiger partial charge on any atom is -0.369 e. The van der Waals surface area contributed by atoms with Crippen LogP contribution in [0.4, 0.5) is 4.39 Å². The molecule has 2 amide bonds. The topological polar surface area (TPSA) is 72.2 Å². The van der Waals surface area contributed by atoms with Crippen molar-refractivity contribution >= 4 is 27.7 Å². The van der Waals surface area contributed by atoms with E-state index in [1.807, 2.05) is 0 Å². The first-order chi connectivity index (χ1) is 8.99. The number of primary amides is 1. The lowest BCUT2D eigenvalue weighted by molar-refractivity contribution is -0.122. The standard InChI is InChI=1S/C13H14BrFN2O2/c14-9-5-4-7(6-10(9)15)13(19)17-11-3-1-2-8(11)12(16)18/h4-6,8,11H,1-3H2,(H2,16,18)(H,17,19)/t8-,11+/m1/s1. The van der Waals surface area contributed by atoms with Crippen molar-refractivity contribution < 1.29 is 14.0 Å². The van der Waals surface area contributed by atoms with Gasteiger partial charge >= 0.3 is 0 Å². The van der Waals surface area contributed by atoms with Crippen molar-refractivity contribution in [2.45, 2.75) is 25.3 Å². The summed E-state index contributed by atoms with van der Waals surface area (Å²) in [7, 11) is 0. The van der Waals surface area contributed by atoms with E-state index < -0.39 is 11.7 Å². The molecule has 2 atom stereocenters. The van der Waals surface area contributed by atoms with Crippen LogP contribution in [-0.2, 0) is 4.79 Å². The van der Waals surface area contributed by atoms with Gasteiger partial charge in [-0.2, -0.15) is 0 Å². The fourth-order valence-electron chi connectivity index (χ4n) is 2.36. The summed E-state index contributed by atoms with van der Waals surface area (Å²) in [4.78, 5) is 23.2. The van der Waals surface area contributed by atoms with E-state index in [9.17, 15) is 14.0 Å². The van der Waals surface area contributed by atoms with Crippen LogP contribution < -0.4 is 11.1 Å². The van der Waals surface area contributed by atoms with Crippen molar-refractivity contribution in [3.05, 3.63) is 34.1 Å². The predicted octanol–water partition coefficient (Wildman–Crippen LogP) is 1.97. The molecule has 0 saturated heterocycles. The molecule has 1 fully saturated rings. The number of benzene rings is 1. The van der Waals surface area contributed by atoms with Crippen LogP contribution in [0.3, 0.4) is 0 Å². The second-order valence-electron chi connectivity index (χ2n) is 4.65. The summed E-state index contributed by atoms with van der Waals surface area (Å²) < 4.78 is 13.7. The second-order valence-corrected chi connectivity index (χ2v) is 5.50. The van der Waals surface area contributed by atoms with Gasteiger partial charge in [-0.1, -0.05) is 6.42 Å². The molecule has 1 saturated carbocycles. The number of hydrogen-bond acceptors (Lipinski definition) is 2. The Morgan fingerprint density at radius 1 is 1.37 bits per heavy atom. The average Bonchev–Trinajstić information content (AvgIpc) is 2.80. The van der Waals surface area contributed by atoms with Gasteiger partial charge in [0, 0.05) is 11.6 Å². The van der Waals surface area contributed by atoms with E-state index in [0.717, 1.165) is 18.9 Å². The van der Waals surface area contributed by atoms with Gasteiger partial charge in [0.1, 0.15) is 5.82 Å². The molecule has 0 unspecified atom stereocenters. The highest BCUT2D eigenvalue weighted by Gasteiger charge is 2.32. The summed E-state index contributed by atoms with van der Waals surface area (Å²) in [6.07, 6.45) is 2.26. The first-order valence-corrected chi connectivity index (χ1v) is 6.83. The average molecular weight is 329 g/mol. The molecule has 0 spiro atoms. The molecule has 6 heteroatoms. The van der Waals surface area contributed by atoms with Gasteiger partial charge < -0.3 is 11.1 Å². The third kappa shape index (κ3) is 3.12. The smallest absolute Gasteiger partial charge is 0.251 e. The van der Waals surface area contributed by atoms with Crippen molar-refractivity contribution in [3.63, 3.8) is 0 Å². The molecule has 102 valence electrons. The molecule has 0 aliphatic heterocycles. The molecule has 1 aromatic carbocycles. The van der Waals surface area contributed by atoms with Crippen LogP contribution in [0, 0.1) is 11.7 Å². The zero-order valence-electron chi connectivity index (χ0n) is 10.2. The number of halogens is 2. The zero-order chi connectivity index (χ0) is 14.0. The summed E-state index contributed by atoms with van der Waals surface area (Å²) in [5.41, 5.74) is 5.52. The second kappa shape index (κ2) is 5.69. The van der Waals surface area contributed by atoms with Crippen LogP contribution in [0.15, 0.2) is 22.7 Å². The molecular weight excluding hydrogens is 315 g/mol. The van der Waals surface area contributed by atoms with E-state index in [0.29, 0.717) is 10.9 Å². The fourth-order valence-corrected chi connectivity index (χ4v) is 2.61. The largest absolute Gasteiger partial charge is 0.369 e. The monoisotopic (exact) mass is 328 g/mol. The van der Waals surface area contributed by atoms with E-state index in [2.05, 4.69) is 21.2 Å². The van der Waals surface area contributed by atoms with Crippen molar-refractivity contribution in [1.82, 2.24) is 5.32 Å². The first-order valence-electron chi connectivity index (χ1n) is 6.04. The third-order valence-corrected chi connectivity index (χ3v) is 4.02. The summed E-state index contributed by atoms with van der Waals surface area (Å²) in [6, 6.07) is 3.91. The molecule has 4 nitrogen and oxygen atoms in total. The third-order valence-electron chi connectivity index (χ3n) is 3.38. The lowest BCUT2D eigenvalue weighted by Gasteiger charge is -2.18. The van der Waals surface area contributed by atoms with Crippen LogP contribution >= 0.6 is 15.9 Å².